The third kappa shape index (κ3) is 6.95. The first-order valence-corrected chi connectivity index (χ1v) is 11.9. The summed E-state index contributed by atoms with van der Waals surface area (Å²) in [4.78, 5) is 7.55. The highest BCUT2D eigenvalue weighted by Gasteiger charge is 2.13. The third-order valence-electron chi connectivity index (χ3n) is 3.55. The minimum atomic E-state index is -0.271. The highest BCUT2D eigenvalue weighted by atomic mass is 32.2. The lowest BCUT2D eigenvalue weighted by Gasteiger charge is -1.98. The van der Waals surface area contributed by atoms with E-state index in [0.717, 1.165) is 25.9 Å². The Morgan fingerprint density at radius 3 is 2.46 bits per heavy atom. The maximum Gasteiger partial charge on any atom is 0.159 e. The molecule has 0 saturated carbocycles. The smallest absolute Gasteiger partial charge is 0.159 e. The van der Waals surface area contributed by atoms with Crippen LogP contribution in [0.4, 0.5) is 0 Å². The number of nitrogens with one attached hydrogen (secondary N) is 1. The number of epoxide rings is 1. The first-order chi connectivity index (χ1) is 13.5. The Balaban J connectivity index is 0.000000139. The van der Waals surface area contributed by atoms with E-state index in [0.29, 0.717) is 11.9 Å². The molecule has 2 unspecified atom stereocenters. The monoisotopic (exact) mass is 450 g/mol. The van der Waals surface area contributed by atoms with Gasteiger partial charge in [-0.2, -0.15) is 0 Å². The number of nitrogens with zero attached hydrogens (tertiary/aromatic N) is 1. The zero-order chi connectivity index (χ0) is 19.9. The van der Waals surface area contributed by atoms with Crippen LogP contribution in [0.25, 0.3) is 20.4 Å². The van der Waals surface area contributed by atoms with Crippen molar-refractivity contribution in [1.82, 2.24) is 9.97 Å². The van der Waals surface area contributed by atoms with Crippen molar-refractivity contribution in [3.63, 3.8) is 0 Å². The predicted molar refractivity (Wildman–Crippen MR) is 124 cm³/mol. The van der Waals surface area contributed by atoms with E-state index in [2.05, 4.69) is 29.0 Å². The average molecular weight is 451 g/mol. The highest BCUT2D eigenvalue weighted by Crippen LogP contribution is 2.29. The van der Waals surface area contributed by atoms with Gasteiger partial charge in [-0.25, -0.2) is 4.98 Å². The van der Waals surface area contributed by atoms with Crippen molar-refractivity contribution >= 4 is 67.1 Å². The van der Waals surface area contributed by atoms with E-state index in [-0.39, 0.29) is 6.10 Å². The zero-order valence-electron chi connectivity index (χ0n) is 15.6. The Kier molecular flexibility index (Phi) is 8.01. The van der Waals surface area contributed by atoms with E-state index in [1.165, 1.54) is 9.40 Å². The first kappa shape index (κ1) is 21.4. The summed E-state index contributed by atoms with van der Waals surface area (Å²) >= 11 is 9.88. The molecule has 2 atom stereocenters. The van der Waals surface area contributed by atoms with Crippen molar-refractivity contribution < 1.29 is 9.84 Å². The molecule has 5 rings (SSSR count). The van der Waals surface area contributed by atoms with Gasteiger partial charge in [0.1, 0.15) is 0 Å². The van der Waals surface area contributed by atoms with Gasteiger partial charge in [-0.15, -0.1) is 22.7 Å². The molecule has 8 heteroatoms. The van der Waals surface area contributed by atoms with E-state index < -0.39 is 0 Å². The number of fused-ring (bicyclic) bond motifs is 2. The van der Waals surface area contributed by atoms with Crippen LogP contribution in [0.1, 0.15) is 13.8 Å². The SMILES string of the molecule is CC(O)CSc1nc2ccccc2s1.CC1CO1.S=c1[nH]c2ccccc2s1. The molecule has 4 nitrogen and oxygen atoms in total. The number of thiazole rings is 2. The van der Waals surface area contributed by atoms with E-state index in [1.54, 1.807) is 41.4 Å². The van der Waals surface area contributed by atoms with Crippen LogP contribution in [0.15, 0.2) is 52.9 Å². The molecule has 3 heterocycles. The summed E-state index contributed by atoms with van der Waals surface area (Å²) < 4.78 is 9.03. The van der Waals surface area contributed by atoms with Crippen LogP contribution in [0.5, 0.6) is 0 Å². The van der Waals surface area contributed by atoms with Crippen molar-refractivity contribution in [1.29, 1.82) is 0 Å². The quantitative estimate of drug-likeness (QED) is 0.223. The number of hydrogen-bond donors (Lipinski definition) is 2. The van der Waals surface area contributed by atoms with E-state index in [9.17, 15) is 0 Å². The Bertz CT molecular complexity index is 997. The fraction of sp³-hybridized carbons (Fsp3) is 0.300. The molecule has 1 fully saturated rings. The largest absolute Gasteiger partial charge is 0.393 e. The van der Waals surface area contributed by atoms with Crippen LogP contribution >= 0.6 is 46.7 Å². The highest BCUT2D eigenvalue weighted by molar-refractivity contribution is 8.01. The maximum absolute atomic E-state index is 9.14. The number of rotatable bonds is 3. The first-order valence-electron chi connectivity index (χ1n) is 8.87. The number of aliphatic hydroxyl groups excluding tert-OH is 1. The molecule has 2 aromatic carbocycles. The molecule has 0 spiro atoms. The molecule has 0 radical (unpaired) electrons. The van der Waals surface area contributed by atoms with Gasteiger partial charge in [-0.3, -0.25) is 0 Å². The Hall–Kier alpha value is -1.29. The van der Waals surface area contributed by atoms with Crippen LogP contribution < -0.4 is 0 Å². The molecule has 1 aliphatic rings. The summed E-state index contributed by atoms with van der Waals surface area (Å²) in [6, 6.07) is 16.2. The van der Waals surface area contributed by atoms with Crippen LogP contribution in [-0.4, -0.2) is 39.6 Å². The van der Waals surface area contributed by atoms with Crippen LogP contribution in [0, 0.1) is 3.95 Å². The predicted octanol–water partition coefficient (Wildman–Crippen LogP) is 6.13. The summed E-state index contributed by atoms with van der Waals surface area (Å²) in [5.74, 6) is 0.708. The van der Waals surface area contributed by atoms with Gasteiger partial charge >= 0.3 is 0 Å². The molecule has 0 aliphatic carbocycles. The van der Waals surface area contributed by atoms with Crippen molar-refractivity contribution in [2.45, 2.75) is 30.4 Å². The lowest BCUT2D eigenvalue weighted by Crippen LogP contribution is -2.01. The normalized spacial score (nSPS) is 16.0. The lowest BCUT2D eigenvalue weighted by atomic mass is 10.3. The molecule has 0 bridgehead atoms. The van der Waals surface area contributed by atoms with Crippen molar-refractivity contribution in [2.75, 3.05) is 12.4 Å². The second kappa shape index (κ2) is 10.5. The second-order valence-corrected chi connectivity index (χ2v) is 10.3. The van der Waals surface area contributed by atoms with Gasteiger partial charge in [0, 0.05) is 5.75 Å². The van der Waals surface area contributed by atoms with Crippen LogP contribution in [0.2, 0.25) is 0 Å². The molecule has 4 aromatic rings. The number of thioether (sulfide) groups is 1. The van der Waals surface area contributed by atoms with Crippen molar-refractivity contribution in [3.8, 4) is 0 Å². The van der Waals surface area contributed by atoms with Crippen LogP contribution in [0.3, 0.4) is 0 Å². The fourth-order valence-corrected chi connectivity index (χ4v) is 5.16. The third-order valence-corrected chi connectivity index (χ3v) is 7.19. The Labute approximate surface area is 181 Å². The molecule has 28 heavy (non-hydrogen) atoms. The summed E-state index contributed by atoms with van der Waals surface area (Å²) in [5.41, 5.74) is 2.18. The van der Waals surface area contributed by atoms with Gasteiger partial charge in [0.25, 0.3) is 0 Å². The van der Waals surface area contributed by atoms with Gasteiger partial charge in [0.05, 0.1) is 39.2 Å². The number of para-hydroxylation sites is 2. The number of aliphatic hydroxyl groups is 1. The molecule has 0 amide bonds. The Morgan fingerprint density at radius 2 is 1.86 bits per heavy atom. The minimum absolute atomic E-state index is 0.271. The van der Waals surface area contributed by atoms with Gasteiger partial charge in [0.2, 0.25) is 0 Å². The summed E-state index contributed by atoms with van der Waals surface area (Å²) in [5, 5.41) is 9.14. The van der Waals surface area contributed by atoms with E-state index in [1.807, 2.05) is 36.4 Å². The molecule has 1 aliphatic heterocycles. The maximum atomic E-state index is 9.14. The minimum Gasteiger partial charge on any atom is -0.393 e. The van der Waals surface area contributed by atoms with Gasteiger partial charge in [-0.1, -0.05) is 36.0 Å². The molecule has 1 saturated heterocycles. The Morgan fingerprint density at radius 1 is 1.21 bits per heavy atom. The van der Waals surface area contributed by atoms with Gasteiger partial charge < -0.3 is 14.8 Å². The van der Waals surface area contributed by atoms with Gasteiger partial charge in [-0.05, 0) is 50.3 Å². The summed E-state index contributed by atoms with van der Waals surface area (Å²) in [6.45, 7) is 4.83. The lowest BCUT2D eigenvalue weighted by molar-refractivity contribution is 0.220. The number of hydrogen-bond acceptors (Lipinski definition) is 7. The van der Waals surface area contributed by atoms with Crippen molar-refractivity contribution in [3.05, 3.63) is 52.5 Å². The fourth-order valence-electron chi connectivity index (χ4n) is 2.10. The molecule has 2 N–H and O–H groups in total. The van der Waals surface area contributed by atoms with E-state index in [4.69, 9.17) is 22.1 Å². The summed E-state index contributed by atoms with van der Waals surface area (Å²) in [7, 11) is 0. The standard InChI is InChI=1S/C10H11NOS2.C7H5NS2.C3H6O/c1-7(12)6-13-10-11-8-4-2-3-5-9(8)14-10;9-7-8-5-3-1-2-4-6(5)10-7;1-3-2-4-3/h2-5,7,12H,6H2,1H3;1-4H,(H,8,9);3H,2H2,1H3. The number of benzene rings is 2. The molecular weight excluding hydrogens is 429 g/mol. The molecule has 2 aromatic heterocycles. The van der Waals surface area contributed by atoms with Gasteiger partial charge in [0.15, 0.2) is 8.29 Å². The zero-order valence-corrected chi connectivity index (χ0v) is 18.9. The number of H-pyrrole nitrogens is 1. The summed E-state index contributed by atoms with van der Waals surface area (Å²) in [6.07, 6.45) is 0.312. The van der Waals surface area contributed by atoms with Crippen LogP contribution in [-0.2, 0) is 4.74 Å². The van der Waals surface area contributed by atoms with E-state index >= 15 is 0 Å². The number of aromatic amines is 1. The average Bonchev–Trinajstić information content (AvgIpc) is 3.20. The second-order valence-electron chi connectivity index (χ2n) is 6.26. The molecule has 148 valence electrons. The number of ether oxygens (including phenoxy) is 1. The topological polar surface area (TPSA) is 61.4 Å². The van der Waals surface area contributed by atoms with Crippen molar-refractivity contribution in [2.24, 2.45) is 0 Å². The number of aromatic nitrogens is 2. The molecular formula is C20H22N2O2S4.